The van der Waals surface area contributed by atoms with Crippen molar-refractivity contribution >= 4 is 33.0 Å². The Morgan fingerprint density at radius 3 is 2.93 bits per heavy atom. The summed E-state index contributed by atoms with van der Waals surface area (Å²) in [5.74, 6) is 0.970. The van der Waals surface area contributed by atoms with Crippen LogP contribution in [-0.2, 0) is 29.4 Å². The van der Waals surface area contributed by atoms with Gasteiger partial charge in [0.1, 0.15) is 5.76 Å². The first kappa shape index (κ1) is 19.9. The monoisotopic (exact) mass is 430 g/mol. The molecule has 6 nitrogen and oxygen atoms in total. The Balaban J connectivity index is 1.48. The molecule has 29 heavy (non-hydrogen) atoms. The van der Waals surface area contributed by atoms with Crippen LogP contribution < -0.4 is 10.0 Å². The first-order chi connectivity index (χ1) is 13.9. The number of amides is 1. The van der Waals surface area contributed by atoms with Crippen LogP contribution in [0.4, 0.5) is 5.69 Å². The van der Waals surface area contributed by atoms with Gasteiger partial charge in [-0.2, -0.15) is 0 Å². The average molecular weight is 431 g/mol. The predicted octanol–water partition coefficient (Wildman–Crippen LogP) is 4.20. The van der Waals surface area contributed by atoms with Gasteiger partial charge in [0.25, 0.3) is 5.91 Å². The van der Waals surface area contributed by atoms with Gasteiger partial charge in [-0.25, -0.2) is 13.1 Å². The summed E-state index contributed by atoms with van der Waals surface area (Å²) in [5, 5.41) is 4.75. The molecule has 0 saturated heterocycles. The lowest BCUT2D eigenvalue weighted by molar-refractivity contribution is 0.102. The van der Waals surface area contributed by atoms with Crippen LogP contribution in [0.15, 0.2) is 57.4 Å². The van der Waals surface area contributed by atoms with E-state index in [-0.39, 0.29) is 17.3 Å². The summed E-state index contributed by atoms with van der Waals surface area (Å²) in [5.41, 5.74) is 2.27. The molecular formula is C21H22N2O4S2. The number of nitrogens with one attached hydrogen (secondary N) is 2. The van der Waals surface area contributed by atoms with Crippen molar-refractivity contribution in [3.05, 3.63) is 69.8 Å². The fourth-order valence-corrected chi connectivity index (χ4v) is 5.75. The molecule has 4 rings (SSSR count). The summed E-state index contributed by atoms with van der Waals surface area (Å²) in [6.07, 6.45) is 4.50. The van der Waals surface area contributed by atoms with Gasteiger partial charge >= 0.3 is 0 Å². The van der Waals surface area contributed by atoms with Crippen molar-refractivity contribution in [2.45, 2.75) is 37.6 Å². The Kier molecular flexibility index (Phi) is 5.58. The molecule has 152 valence electrons. The molecule has 0 radical (unpaired) electrons. The molecule has 0 unspecified atom stereocenters. The highest BCUT2D eigenvalue weighted by molar-refractivity contribution is 7.89. The topological polar surface area (TPSA) is 88.4 Å². The molecule has 2 aromatic heterocycles. The van der Waals surface area contributed by atoms with Crippen LogP contribution in [0.5, 0.6) is 0 Å². The van der Waals surface area contributed by atoms with E-state index in [1.54, 1.807) is 35.6 Å². The number of anilines is 1. The summed E-state index contributed by atoms with van der Waals surface area (Å²) < 4.78 is 32.8. The second kappa shape index (κ2) is 8.14. The number of benzene rings is 1. The van der Waals surface area contributed by atoms with E-state index >= 15 is 0 Å². The third-order valence-electron chi connectivity index (χ3n) is 5.07. The molecule has 0 spiro atoms. The van der Waals surface area contributed by atoms with E-state index < -0.39 is 10.0 Å². The molecule has 0 bridgehead atoms. The third-order valence-corrected chi connectivity index (χ3v) is 7.52. The zero-order chi connectivity index (χ0) is 20.4. The molecule has 1 amide bonds. The Morgan fingerprint density at radius 2 is 2.14 bits per heavy atom. The largest absolute Gasteiger partial charge is 0.468 e. The number of carbonyl (C=O) groups excluding carboxylic acids is 1. The van der Waals surface area contributed by atoms with E-state index in [1.165, 1.54) is 23.3 Å². The van der Waals surface area contributed by atoms with E-state index in [0.717, 1.165) is 24.8 Å². The fraction of sp³-hybridized carbons (Fsp3) is 0.286. The Hall–Kier alpha value is -2.42. The minimum Gasteiger partial charge on any atom is -0.468 e. The predicted molar refractivity (Wildman–Crippen MR) is 113 cm³/mol. The molecule has 0 aliphatic heterocycles. The molecule has 8 heteroatoms. The summed E-state index contributed by atoms with van der Waals surface area (Å²) in [6, 6.07) is 9.65. The lowest BCUT2D eigenvalue weighted by atomic mass is 9.88. The molecule has 1 aliphatic carbocycles. The van der Waals surface area contributed by atoms with Gasteiger partial charge in [-0.15, -0.1) is 11.3 Å². The van der Waals surface area contributed by atoms with Crippen LogP contribution in [0, 0.1) is 5.92 Å². The molecule has 1 aromatic carbocycles. The van der Waals surface area contributed by atoms with Crippen molar-refractivity contribution in [2.24, 2.45) is 5.92 Å². The highest BCUT2D eigenvalue weighted by atomic mass is 32.2. The van der Waals surface area contributed by atoms with Crippen molar-refractivity contribution in [3.8, 4) is 0 Å². The van der Waals surface area contributed by atoms with Crippen LogP contribution in [-0.4, -0.2) is 14.3 Å². The van der Waals surface area contributed by atoms with Crippen LogP contribution in [0.3, 0.4) is 0 Å². The molecule has 0 fully saturated rings. The SMILES string of the molecule is C[C@@H]1CCc2c(C(=O)Nc3cccc(S(=O)(=O)NCc4ccco4)c3)csc2C1. The number of thiophene rings is 1. The third kappa shape index (κ3) is 4.44. The van der Waals surface area contributed by atoms with E-state index in [4.69, 9.17) is 4.42 Å². The molecule has 0 saturated carbocycles. The smallest absolute Gasteiger partial charge is 0.256 e. The van der Waals surface area contributed by atoms with Gasteiger partial charge in [0.2, 0.25) is 10.0 Å². The number of hydrogen-bond acceptors (Lipinski definition) is 5. The zero-order valence-corrected chi connectivity index (χ0v) is 17.6. The molecule has 1 atom stereocenters. The van der Waals surface area contributed by atoms with E-state index in [2.05, 4.69) is 17.0 Å². The minimum atomic E-state index is -3.73. The maximum Gasteiger partial charge on any atom is 0.256 e. The standard InChI is InChI=1S/C21H22N2O4S2/c1-14-7-8-18-19(13-28-20(18)10-14)21(24)23-15-4-2-6-17(11-15)29(25,26)22-12-16-5-3-9-27-16/h2-6,9,11,13-14,22H,7-8,10,12H2,1H3,(H,23,24)/t14-/m1/s1. The normalized spacial score (nSPS) is 16.4. The van der Waals surface area contributed by atoms with Crippen molar-refractivity contribution in [1.82, 2.24) is 4.72 Å². The van der Waals surface area contributed by atoms with Crippen molar-refractivity contribution < 1.29 is 17.6 Å². The fourth-order valence-electron chi connectivity index (χ4n) is 3.47. The summed E-state index contributed by atoms with van der Waals surface area (Å²) in [6.45, 7) is 2.29. The van der Waals surface area contributed by atoms with Gasteiger partial charge in [0, 0.05) is 15.9 Å². The van der Waals surface area contributed by atoms with Gasteiger partial charge < -0.3 is 9.73 Å². The van der Waals surface area contributed by atoms with Gasteiger partial charge in [-0.1, -0.05) is 13.0 Å². The van der Waals surface area contributed by atoms with Crippen molar-refractivity contribution in [3.63, 3.8) is 0 Å². The molecular weight excluding hydrogens is 408 g/mol. The van der Waals surface area contributed by atoms with E-state index in [0.29, 0.717) is 22.9 Å². The van der Waals surface area contributed by atoms with Crippen LogP contribution >= 0.6 is 11.3 Å². The highest BCUT2D eigenvalue weighted by Gasteiger charge is 2.23. The number of carbonyl (C=O) groups is 1. The zero-order valence-electron chi connectivity index (χ0n) is 16.0. The number of sulfonamides is 1. The highest BCUT2D eigenvalue weighted by Crippen LogP contribution is 2.33. The Bertz CT molecular complexity index is 1120. The van der Waals surface area contributed by atoms with Crippen molar-refractivity contribution in [1.29, 1.82) is 0 Å². The number of fused-ring (bicyclic) bond motifs is 1. The van der Waals surface area contributed by atoms with Crippen LogP contribution in [0.2, 0.25) is 0 Å². The number of hydrogen-bond donors (Lipinski definition) is 2. The molecule has 2 N–H and O–H groups in total. The van der Waals surface area contributed by atoms with E-state index in [9.17, 15) is 13.2 Å². The Labute approximate surface area is 174 Å². The minimum absolute atomic E-state index is 0.0609. The summed E-state index contributed by atoms with van der Waals surface area (Å²) >= 11 is 1.63. The Morgan fingerprint density at radius 1 is 1.28 bits per heavy atom. The van der Waals surface area contributed by atoms with Gasteiger partial charge in [0.05, 0.1) is 23.3 Å². The lowest BCUT2D eigenvalue weighted by Crippen LogP contribution is -2.23. The second-order valence-electron chi connectivity index (χ2n) is 7.28. The molecule has 3 aromatic rings. The number of furan rings is 1. The van der Waals surface area contributed by atoms with Gasteiger partial charge in [-0.3, -0.25) is 4.79 Å². The first-order valence-corrected chi connectivity index (χ1v) is 11.8. The first-order valence-electron chi connectivity index (χ1n) is 9.45. The summed E-state index contributed by atoms with van der Waals surface area (Å²) in [4.78, 5) is 14.2. The lowest BCUT2D eigenvalue weighted by Gasteiger charge is -2.18. The maximum absolute atomic E-state index is 12.8. The van der Waals surface area contributed by atoms with E-state index in [1.807, 2.05) is 5.38 Å². The quantitative estimate of drug-likeness (QED) is 0.614. The van der Waals surface area contributed by atoms with Gasteiger partial charge in [-0.05, 0) is 61.1 Å². The average Bonchev–Trinajstić information content (AvgIpc) is 3.36. The van der Waals surface area contributed by atoms with Gasteiger partial charge in [0.15, 0.2) is 0 Å². The second-order valence-corrected chi connectivity index (χ2v) is 10.0. The van der Waals surface area contributed by atoms with Crippen LogP contribution in [0.1, 0.15) is 39.9 Å². The van der Waals surface area contributed by atoms with Crippen LogP contribution in [0.25, 0.3) is 0 Å². The maximum atomic E-state index is 12.8. The summed E-state index contributed by atoms with van der Waals surface area (Å²) in [7, 11) is -3.73. The molecule has 1 aliphatic rings. The molecule has 2 heterocycles. The number of rotatable bonds is 6. The van der Waals surface area contributed by atoms with Crippen molar-refractivity contribution in [2.75, 3.05) is 5.32 Å².